The van der Waals surface area contributed by atoms with Crippen LogP contribution < -0.4 is 16.4 Å². The van der Waals surface area contributed by atoms with Crippen LogP contribution in [0, 0.1) is 0 Å². The topological polar surface area (TPSA) is 97.1 Å². The van der Waals surface area contributed by atoms with Crippen molar-refractivity contribution < 1.29 is 9.59 Å². The van der Waals surface area contributed by atoms with E-state index in [1.165, 1.54) is 19.3 Å². The van der Waals surface area contributed by atoms with Crippen molar-refractivity contribution in [3.8, 4) is 0 Å². The summed E-state index contributed by atoms with van der Waals surface area (Å²) in [6, 6.07) is 3.02. The molecule has 6 heteroatoms. The van der Waals surface area contributed by atoms with Crippen molar-refractivity contribution in [1.82, 2.24) is 15.6 Å². The van der Waals surface area contributed by atoms with Gasteiger partial charge in [0.1, 0.15) is 5.69 Å². The predicted octanol–water partition coefficient (Wildman–Crippen LogP) is -0.860. The molecule has 0 aliphatic carbocycles. The summed E-state index contributed by atoms with van der Waals surface area (Å²) in [6.45, 7) is -0.0776. The molecule has 0 fully saturated rings. The molecule has 4 N–H and O–H groups in total. The first kappa shape index (κ1) is 11.0. The Morgan fingerprint density at radius 3 is 2.87 bits per heavy atom. The molecule has 0 aliphatic rings. The summed E-state index contributed by atoms with van der Waals surface area (Å²) in [5.41, 5.74) is 6.13. The molecular formula is C9H12N4O2. The molecular weight excluding hydrogens is 196 g/mol. The zero-order valence-corrected chi connectivity index (χ0v) is 8.28. The van der Waals surface area contributed by atoms with Crippen LogP contribution in [0.2, 0.25) is 0 Å². The predicted molar refractivity (Wildman–Crippen MR) is 55.0 cm³/mol. The third-order valence-corrected chi connectivity index (χ3v) is 1.70. The van der Waals surface area contributed by atoms with Crippen LogP contribution in [-0.2, 0) is 4.79 Å². The number of aromatic nitrogens is 1. The number of rotatable bonds is 3. The summed E-state index contributed by atoms with van der Waals surface area (Å²) in [5.74, 6) is -0.696. The smallest absolute Gasteiger partial charge is 0.270 e. The van der Waals surface area contributed by atoms with Crippen molar-refractivity contribution in [3.05, 3.63) is 24.0 Å². The van der Waals surface area contributed by atoms with Gasteiger partial charge in [0.05, 0.1) is 6.54 Å². The maximum Gasteiger partial charge on any atom is 0.270 e. The molecule has 0 aliphatic heterocycles. The van der Waals surface area contributed by atoms with Gasteiger partial charge in [0.15, 0.2) is 0 Å². The number of pyridine rings is 1. The molecule has 0 saturated carbocycles. The van der Waals surface area contributed by atoms with Gasteiger partial charge < -0.3 is 16.4 Å². The first-order valence-corrected chi connectivity index (χ1v) is 4.34. The van der Waals surface area contributed by atoms with Crippen molar-refractivity contribution in [2.24, 2.45) is 0 Å². The number of nitrogens with zero attached hydrogens (tertiary/aromatic N) is 1. The third-order valence-electron chi connectivity index (χ3n) is 1.70. The molecule has 0 atom stereocenters. The van der Waals surface area contributed by atoms with Gasteiger partial charge in [-0.2, -0.15) is 0 Å². The SMILES string of the molecule is CNC(=O)CNC(=O)c1cc(N)ccn1. The summed E-state index contributed by atoms with van der Waals surface area (Å²) in [4.78, 5) is 26.1. The number of likely N-dealkylation sites (N-methyl/N-ethyl adjacent to an activating group) is 1. The Morgan fingerprint density at radius 1 is 1.53 bits per heavy atom. The highest BCUT2D eigenvalue weighted by Crippen LogP contribution is 2.01. The van der Waals surface area contributed by atoms with E-state index in [2.05, 4.69) is 15.6 Å². The molecule has 0 radical (unpaired) electrons. The lowest BCUT2D eigenvalue weighted by atomic mass is 10.3. The average Bonchev–Trinajstić information content (AvgIpc) is 2.25. The molecule has 6 nitrogen and oxygen atoms in total. The van der Waals surface area contributed by atoms with Crippen molar-refractivity contribution in [2.45, 2.75) is 0 Å². The lowest BCUT2D eigenvalue weighted by Crippen LogP contribution is -2.35. The fraction of sp³-hybridized carbons (Fsp3) is 0.222. The summed E-state index contributed by atoms with van der Waals surface area (Å²) in [6.07, 6.45) is 1.43. The standard InChI is InChI=1S/C9H12N4O2/c1-11-8(14)5-13-9(15)7-4-6(10)2-3-12-7/h2-4H,5H2,1H3,(H2,10,12)(H,11,14)(H,13,15). The Kier molecular flexibility index (Phi) is 3.61. The summed E-state index contributed by atoms with van der Waals surface area (Å²) >= 11 is 0. The van der Waals surface area contributed by atoms with Gasteiger partial charge in [0.2, 0.25) is 5.91 Å². The van der Waals surface area contributed by atoms with E-state index in [0.717, 1.165) is 0 Å². The van der Waals surface area contributed by atoms with E-state index >= 15 is 0 Å². The number of hydrogen-bond donors (Lipinski definition) is 3. The van der Waals surface area contributed by atoms with E-state index < -0.39 is 5.91 Å². The van der Waals surface area contributed by atoms with Gasteiger partial charge in [0.25, 0.3) is 5.91 Å². The number of hydrogen-bond acceptors (Lipinski definition) is 4. The Morgan fingerprint density at radius 2 is 2.27 bits per heavy atom. The van der Waals surface area contributed by atoms with E-state index in [0.29, 0.717) is 5.69 Å². The quantitative estimate of drug-likeness (QED) is 0.602. The van der Waals surface area contributed by atoms with Crippen LogP contribution in [0.4, 0.5) is 5.69 Å². The number of nitrogen functional groups attached to an aromatic ring is 1. The fourth-order valence-corrected chi connectivity index (χ4v) is 0.911. The Labute approximate surface area is 86.9 Å². The van der Waals surface area contributed by atoms with Crippen molar-refractivity contribution in [3.63, 3.8) is 0 Å². The number of carbonyl (C=O) groups is 2. The molecule has 1 aromatic rings. The van der Waals surface area contributed by atoms with Gasteiger partial charge >= 0.3 is 0 Å². The largest absolute Gasteiger partial charge is 0.399 e. The molecule has 0 saturated heterocycles. The van der Waals surface area contributed by atoms with E-state index in [1.807, 2.05) is 0 Å². The molecule has 1 aromatic heterocycles. The monoisotopic (exact) mass is 208 g/mol. The van der Waals surface area contributed by atoms with Gasteiger partial charge in [0, 0.05) is 18.9 Å². The van der Waals surface area contributed by atoms with Crippen molar-refractivity contribution in [2.75, 3.05) is 19.3 Å². The van der Waals surface area contributed by atoms with Crippen LogP contribution in [0.15, 0.2) is 18.3 Å². The second-order valence-corrected chi connectivity index (χ2v) is 2.83. The van der Waals surface area contributed by atoms with E-state index in [-0.39, 0.29) is 18.1 Å². The number of anilines is 1. The number of carbonyl (C=O) groups excluding carboxylic acids is 2. The highest BCUT2D eigenvalue weighted by Gasteiger charge is 2.08. The van der Waals surface area contributed by atoms with Crippen LogP contribution >= 0.6 is 0 Å². The zero-order valence-electron chi connectivity index (χ0n) is 8.28. The molecule has 1 rings (SSSR count). The molecule has 0 spiro atoms. The van der Waals surface area contributed by atoms with E-state index in [1.54, 1.807) is 6.07 Å². The summed E-state index contributed by atoms with van der Waals surface area (Å²) in [7, 11) is 1.49. The summed E-state index contributed by atoms with van der Waals surface area (Å²) < 4.78 is 0. The second kappa shape index (κ2) is 4.94. The number of nitrogens with two attached hydrogens (primary N) is 1. The van der Waals surface area contributed by atoms with E-state index in [4.69, 9.17) is 5.73 Å². The number of nitrogens with one attached hydrogen (secondary N) is 2. The molecule has 15 heavy (non-hydrogen) atoms. The molecule has 1 heterocycles. The second-order valence-electron chi connectivity index (χ2n) is 2.83. The van der Waals surface area contributed by atoms with Crippen molar-refractivity contribution in [1.29, 1.82) is 0 Å². The minimum absolute atomic E-state index is 0.0776. The number of amides is 2. The van der Waals surface area contributed by atoms with Crippen LogP contribution in [-0.4, -0.2) is 30.4 Å². The molecule has 80 valence electrons. The summed E-state index contributed by atoms with van der Waals surface area (Å²) in [5, 5.41) is 4.79. The van der Waals surface area contributed by atoms with Crippen LogP contribution in [0.3, 0.4) is 0 Å². The minimum atomic E-state index is -0.425. The third kappa shape index (κ3) is 3.26. The maximum atomic E-state index is 11.4. The fourth-order valence-electron chi connectivity index (χ4n) is 0.911. The van der Waals surface area contributed by atoms with Crippen molar-refractivity contribution >= 4 is 17.5 Å². The maximum absolute atomic E-state index is 11.4. The molecule has 2 amide bonds. The highest BCUT2D eigenvalue weighted by molar-refractivity contribution is 5.95. The Bertz CT molecular complexity index is 378. The first-order chi connectivity index (χ1) is 7.13. The van der Waals surface area contributed by atoms with Crippen LogP contribution in [0.5, 0.6) is 0 Å². The van der Waals surface area contributed by atoms with Gasteiger partial charge in [-0.3, -0.25) is 14.6 Å². The van der Waals surface area contributed by atoms with Gasteiger partial charge in [-0.25, -0.2) is 0 Å². The first-order valence-electron chi connectivity index (χ1n) is 4.34. The highest BCUT2D eigenvalue weighted by atomic mass is 16.2. The van der Waals surface area contributed by atoms with E-state index in [9.17, 15) is 9.59 Å². The molecule has 0 unspecified atom stereocenters. The van der Waals surface area contributed by atoms with Crippen LogP contribution in [0.1, 0.15) is 10.5 Å². The minimum Gasteiger partial charge on any atom is -0.399 e. The normalized spacial score (nSPS) is 9.40. The molecule has 0 bridgehead atoms. The van der Waals surface area contributed by atoms with Gasteiger partial charge in [-0.1, -0.05) is 0 Å². The van der Waals surface area contributed by atoms with Crippen LogP contribution in [0.25, 0.3) is 0 Å². The molecule has 0 aromatic carbocycles. The Hall–Kier alpha value is -2.11. The zero-order chi connectivity index (χ0) is 11.3. The lowest BCUT2D eigenvalue weighted by Gasteiger charge is -2.03. The van der Waals surface area contributed by atoms with Gasteiger partial charge in [-0.15, -0.1) is 0 Å². The lowest BCUT2D eigenvalue weighted by molar-refractivity contribution is -0.119. The van der Waals surface area contributed by atoms with Gasteiger partial charge in [-0.05, 0) is 12.1 Å². The Balaban J connectivity index is 2.58. The average molecular weight is 208 g/mol.